The summed E-state index contributed by atoms with van der Waals surface area (Å²) in [5, 5.41) is 11.6. The summed E-state index contributed by atoms with van der Waals surface area (Å²) in [5.74, 6) is 0.660. The molecule has 1 atom stereocenters. The lowest BCUT2D eigenvalue weighted by molar-refractivity contribution is 0.220. The lowest BCUT2D eigenvalue weighted by Gasteiger charge is -2.14. The van der Waals surface area contributed by atoms with Gasteiger partial charge < -0.3 is 9.84 Å². The fraction of sp³-hybridized carbons (Fsp3) is 0.176. The van der Waals surface area contributed by atoms with E-state index in [1.54, 1.807) is 18.6 Å². The summed E-state index contributed by atoms with van der Waals surface area (Å²) in [5.41, 5.74) is 2.39. The Morgan fingerprint density at radius 1 is 1.19 bits per heavy atom. The molecule has 0 fully saturated rings. The molecule has 0 bridgehead atoms. The Morgan fingerprint density at radius 2 is 2.05 bits per heavy atom. The molecule has 0 aliphatic carbocycles. The van der Waals surface area contributed by atoms with Gasteiger partial charge in [-0.2, -0.15) is 0 Å². The summed E-state index contributed by atoms with van der Waals surface area (Å²) in [4.78, 5) is 8.44. The monoisotopic (exact) mass is 280 g/mol. The minimum Gasteiger partial charge on any atom is -0.492 e. The highest BCUT2D eigenvalue weighted by molar-refractivity contribution is 5.82. The number of aromatic nitrogens is 2. The molecule has 1 aromatic carbocycles. The van der Waals surface area contributed by atoms with Crippen molar-refractivity contribution in [3.63, 3.8) is 0 Å². The number of rotatable bonds is 4. The van der Waals surface area contributed by atoms with Crippen LogP contribution in [0.25, 0.3) is 10.9 Å². The highest BCUT2D eigenvalue weighted by Gasteiger charge is 2.15. The molecule has 21 heavy (non-hydrogen) atoms. The Kier molecular flexibility index (Phi) is 3.79. The van der Waals surface area contributed by atoms with E-state index >= 15 is 0 Å². The third-order valence-electron chi connectivity index (χ3n) is 3.34. The van der Waals surface area contributed by atoms with Gasteiger partial charge in [0.15, 0.2) is 0 Å². The van der Waals surface area contributed by atoms with Crippen LogP contribution in [0.4, 0.5) is 0 Å². The van der Waals surface area contributed by atoms with Gasteiger partial charge in [-0.25, -0.2) is 0 Å². The minimum atomic E-state index is -0.759. The number of ether oxygens (including phenoxy) is 1. The lowest BCUT2D eigenvalue weighted by atomic mass is 9.99. The first-order valence-electron chi connectivity index (χ1n) is 6.89. The van der Waals surface area contributed by atoms with E-state index in [2.05, 4.69) is 9.97 Å². The number of fused-ring (bicyclic) bond motifs is 1. The average Bonchev–Trinajstić information content (AvgIpc) is 2.54. The van der Waals surface area contributed by atoms with Crippen LogP contribution in [0.5, 0.6) is 5.75 Å². The van der Waals surface area contributed by atoms with Crippen molar-refractivity contribution in [1.82, 2.24) is 9.97 Å². The van der Waals surface area contributed by atoms with Crippen LogP contribution in [0.1, 0.15) is 24.2 Å². The molecule has 1 unspecified atom stereocenters. The Bertz CT molecular complexity index is 753. The quantitative estimate of drug-likeness (QED) is 0.797. The third-order valence-corrected chi connectivity index (χ3v) is 3.34. The molecule has 0 amide bonds. The molecule has 3 aromatic rings. The second-order valence-electron chi connectivity index (χ2n) is 4.71. The largest absolute Gasteiger partial charge is 0.492 e. The molecule has 0 spiro atoms. The summed E-state index contributed by atoms with van der Waals surface area (Å²) in [7, 11) is 0. The van der Waals surface area contributed by atoms with Crippen LogP contribution in [0.15, 0.2) is 55.0 Å². The van der Waals surface area contributed by atoms with Gasteiger partial charge in [0, 0.05) is 23.3 Å². The maximum atomic E-state index is 10.7. The van der Waals surface area contributed by atoms with Gasteiger partial charge in [-0.1, -0.05) is 18.2 Å². The third kappa shape index (κ3) is 2.71. The second kappa shape index (κ2) is 5.89. The molecule has 0 aliphatic heterocycles. The zero-order valence-electron chi connectivity index (χ0n) is 11.7. The Hall–Kier alpha value is -2.46. The fourth-order valence-electron chi connectivity index (χ4n) is 2.37. The Labute approximate surface area is 123 Å². The zero-order chi connectivity index (χ0) is 14.7. The van der Waals surface area contributed by atoms with Crippen molar-refractivity contribution in [2.75, 3.05) is 6.61 Å². The van der Waals surface area contributed by atoms with Crippen LogP contribution in [0.3, 0.4) is 0 Å². The van der Waals surface area contributed by atoms with Gasteiger partial charge in [0.25, 0.3) is 0 Å². The first-order valence-corrected chi connectivity index (χ1v) is 6.89. The van der Waals surface area contributed by atoms with E-state index in [1.807, 2.05) is 43.3 Å². The van der Waals surface area contributed by atoms with Crippen LogP contribution < -0.4 is 4.74 Å². The predicted octanol–water partition coefficient (Wildman–Crippen LogP) is 3.11. The Balaban J connectivity index is 2.04. The van der Waals surface area contributed by atoms with Gasteiger partial charge in [0.1, 0.15) is 11.9 Å². The van der Waals surface area contributed by atoms with E-state index in [-0.39, 0.29) is 0 Å². The van der Waals surface area contributed by atoms with Crippen molar-refractivity contribution >= 4 is 10.9 Å². The number of hydrogen-bond acceptors (Lipinski definition) is 4. The highest BCUT2D eigenvalue weighted by Crippen LogP contribution is 2.28. The summed E-state index contributed by atoms with van der Waals surface area (Å²) in [6, 6.07) is 11.4. The van der Waals surface area contributed by atoms with Crippen LogP contribution in [0, 0.1) is 0 Å². The van der Waals surface area contributed by atoms with Gasteiger partial charge in [-0.15, -0.1) is 0 Å². The number of nitrogens with zero attached hydrogens (tertiary/aromatic N) is 2. The Morgan fingerprint density at radius 3 is 2.90 bits per heavy atom. The second-order valence-corrected chi connectivity index (χ2v) is 4.71. The van der Waals surface area contributed by atoms with E-state index in [9.17, 15) is 5.11 Å². The van der Waals surface area contributed by atoms with Crippen molar-refractivity contribution in [3.8, 4) is 5.75 Å². The molecule has 106 valence electrons. The van der Waals surface area contributed by atoms with Gasteiger partial charge in [0.2, 0.25) is 0 Å². The van der Waals surface area contributed by atoms with Crippen LogP contribution in [0.2, 0.25) is 0 Å². The molecular formula is C17H16N2O2. The number of benzene rings is 1. The minimum absolute atomic E-state index is 0.569. The SMILES string of the molecule is CCOc1cncc(C(O)c2ccnc3ccccc23)c1. The molecule has 4 heteroatoms. The summed E-state index contributed by atoms with van der Waals surface area (Å²) in [6.45, 7) is 2.49. The molecule has 2 heterocycles. The smallest absolute Gasteiger partial charge is 0.137 e. The molecule has 1 N–H and O–H groups in total. The first kappa shape index (κ1) is 13.5. The molecule has 2 aromatic heterocycles. The molecular weight excluding hydrogens is 264 g/mol. The van der Waals surface area contributed by atoms with E-state index in [1.165, 1.54) is 0 Å². The molecule has 3 rings (SSSR count). The van der Waals surface area contributed by atoms with E-state index in [0.29, 0.717) is 17.9 Å². The van der Waals surface area contributed by atoms with Gasteiger partial charge in [-0.3, -0.25) is 9.97 Å². The number of pyridine rings is 2. The van der Waals surface area contributed by atoms with E-state index < -0.39 is 6.10 Å². The number of aliphatic hydroxyl groups excluding tert-OH is 1. The summed E-state index contributed by atoms with van der Waals surface area (Å²) in [6.07, 6.45) is 4.25. The molecule has 4 nitrogen and oxygen atoms in total. The molecule has 0 saturated heterocycles. The molecule has 0 aliphatic rings. The predicted molar refractivity (Wildman–Crippen MR) is 81.2 cm³/mol. The van der Waals surface area contributed by atoms with E-state index in [0.717, 1.165) is 16.5 Å². The standard InChI is InChI=1S/C17H16N2O2/c1-2-21-13-9-12(10-18-11-13)17(20)15-7-8-19-16-6-4-3-5-14(15)16/h3-11,17,20H,2H2,1H3. The van der Waals surface area contributed by atoms with Crippen molar-refractivity contribution < 1.29 is 9.84 Å². The van der Waals surface area contributed by atoms with E-state index in [4.69, 9.17) is 4.74 Å². The normalized spacial score (nSPS) is 12.3. The van der Waals surface area contributed by atoms with Gasteiger partial charge in [0.05, 0.1) is 18.3 Å². The molecule has 0 saturated carbocycles. The highest BCUT2D eigenvalue weighted by atomic mass is 16.5. The van der Waals surface area contributed by atoms with Crippen LogP contribution >= 0.6 is 0 Å². The first-order chi connectivity index (χ1) is 10.3. The topological polar surface area (TPSA) is 55.2 Å². The van der Waals surface area contributed by atoms with Crippen molar-refractivity contribution in [2.24, 2.45) is 0 Å². The maximum Gasteiger partial charge on any atom is 0.137 e. The fourth-order valence-corrected chi connectivity index (χ4v) is 2.37. The van der Waals surface area contributed by atoms with Gasteiger partial charge >= 0.3 is 0 Å². The number of para-hydroxylation sites is 1. The van der Waals surface area contributed by atoms with Gasteiger partial charge in [-0.05, 0) is 30.7 Å². The molecule has 0 radical (unpaired) electrons. The number of hydrogen-bond donors (Lipinski definition) is 1. The van der Waals surface area contributed by atoms with Crippen LogP contribution in [-0.4, -0.2) is 21.7 Å². The van der Waals surface area contributed by atoms with Crippen molar-refractivity contribution in [3.05, 3.63) is 66.1 Å². The van der Waals surface area contributed by atoms with Crippen LogP contribution in [-0.2, 0) is 0 Å². The van der Waals surface area contributed by atoms with Crippen molar-refractivity contribution in [1.29, 1.82) is 0 Å². The maximum absolute atomic E-state index is 10.7. The number of aliphatic hydroxyl groups is 1. The zero-order valence-corrected chi connectivity index (χ0v) is 11.7. The summed E-state index contributed by atoms with van der Waals surface area (Å²) >= 11 is 0. The average molecular weight is 280 g/mol. The van der Waals surface area contributed by atoms with Crippen molar-refractivity contribution in [2.45, 2.75) is 13.0 Å². The lowest BCUT2D eigenvalue weighted by Crippen LogP contribution is -2.03. The summed E-state index contributed by atoms with van der Waals surface area (Å²) < 4.78 is 5.43.